The highest BCUT2D eigenvalue weighted by atomic mass is 31.1. The van der Waals surface area contributed by atoms with Crippen LogP contribution in [-0.2, 0) is 0 Å². The lowest BCUT2D eigenvalue weighted by atomic mass is 9.89. The molecule has 288 valence electrons. The van der Waals surface area contributed by atoms with Crippen LogP contribution in [0.15, 0.2) is 203 Å². The number of rotatable bonds is 7. The molecular weight excluding hydrogens is 775 g/mol. The molecular formula is C54H38O4P2. The van der Waals surface area contributed by atoms with Crippen LogP contribution < -0.4 is 19.7 Å². The van der Waals surface area contributed by atoms with E-state index in [-0.39, 0.29) is 0 Å². The van der Waals surface area contributed by atoms with Crippen LogP contribution in [0.25, 0.3) is 76.2 Å². The van der Waals surface area contributed by atoms with Crippen molar-refractivity contribution in [2.45, 2.75) is 13.8 Å². The van der Waals surface area contributed by atoms with Crippen LogP contribution in [0.1, 0.15) is 11.1 Å². The first-order valence-corrected chi connectivity index (χ1v) is 22.5. The summed E-state index contributed by atoms with van der Waals surface area (Å²) in [6, 6.07) is 67.9. The van der Waals surface area contributed by atoms with Crippen molar-refractivity contribution in [1.29, 1.82) is 0 Å². The summed E-state index contributed by atoms with van der Waals surface area (Å²) in [6.07, 6.45) is 0. The Kier molecular flexibility index (Phi) is 9.12. The van der Waals surface area contributed by atoms with Crippen molar-refractivity contribution < 1.29 is 17.4 Å². The van der Waals surface area contributed by atoms with Gasteiger partial charge >= 0.3 is 8.24 Å². The van der Waals surface area contributed by atoms with Gasteiger partial charge in [0.05, 0.1) is 0 Å². The van der Waals surface area contributed by atoms with Gasteiger partial charge < -0.3 is 17.4 Å². The minimum absolute atomic E-state index is 0.691. The van der Waals surface area contributed by atoms with Gasteiger partial charge in [-0.05, 0) is 92.3 Å². The molecule has 0 aliphatic heterocycles. The van der Waals surface area contributed by atoms with Gasteiger partial charge in [0.25, 0.3) is 0 Å². The summed E-state index contributed by atoms with van der Waals surface area (Å²) < 4.78 is 28.7. The van der Waals surface area contributed by atoms with Gasteiger partial charge in [0.1, 0.15) is 22.7 Å². The molecule has 11 aromatic rings. The maximum absolute atomic E-state index is 7.49. The van der Waals surface area contributed by atoms with Crippen molar-refractivity contribution in [3.8, 4) is 22.6 Å². The van der Waals surface area contributed by atoms with Crippen LogP contribution >= 0.6 is 16.4 Å². The highest BCUT2D eigenvalue weighted by Crippen LogP contribution is 2.53. The van der Waals surface area contributed by atoms with E-state index in [0.717, 1.165) is 104 Å². The second-order valence-electron chi connectivity index (χ2n) is 15.1. The van der Waals surface area contributed by atoms with Gasteiger partial charge in [0.15, 0.2) is 8.15 Å². The van der Waals surface area contributed by atoms with Gasteiger partial charge in [-0.25, -0.2) is 0 Å². The van der Waals surface area contributed by atoms with Crippen LogP contribution in [-0.4, -0.2) is 0 Å². The van der Waals surface area contributed by atoms with Crippen molar-refractivity contribution in [1.82, 2.24) is 0 Å². The third-order valence-corrected chi connectivity index (χ3v) is 14.3. The van der Waals surface area contributed by atoms with Crippen molar-refractivity contribution in [3.63, 3.8) is 0 Å². The number of hydrogen-bond donors (Lipinski definition) is 0. The van der Waals surface area contributed by atoms with Gasteiger partial charge in [-0.15, -0.1) is 0 Å². The number of benzene rings is 10. The van der Waals surface area contributed by atoms with Gasteiger partial charge in [0, 0.05) is 32.5 Å². The van der Waals surface area contributed by atoms with Crippen molar-refractivity contribution in [3.05, 3.63) is 205 Å². The predicted molar refractivity (Wildman–Crippen MR) is 253 cm³/mol. The molecule has 0 atom stereocenters. The maximum Gasteiger partial charge on any atom is 0.453 e. The second-order valence-corrected chi connectivity index (χ2v) is 17.9. The minimum atomic E-state index is -2.02. The minimum Gasteiger partial charge on any atom is -0.464 e. The molecule has 0 saturated heterocycles. The lowest BCUT2D eigenvalue weighted by Gasteiger charge is -2.25. The third kappa shape index (κ3) is 6.28. The first-order valence-electron chi connectivity index (χ1n) is 20.1. The summed E-state index contributed by atoms with van der Waals surface area (Å²) >= 11 is 0. The molecule has 0 radical (unpaired) electrons. The van der Waals surface area contributed by atoms with Gasteiger partial charge in [-0.1, -0.05) is 170 Å². The molecule has 0 fully saturated rings. The zero-order valence-corrected chi connectivity index (χ0v) is 34.8. The molecule has 0 N–H and O–H groups in total. The van der Waals surface area contributed by atoms with Crippen molar-refractivity contribution >= 4 is 92.0 Å². The molecule has 0 bridgehead atoms. The SMILES string of the molecule is Cc1cc2ccccc2c(-c2c(Op3oc4ccc5ccccc5c4c4c(ccc5ccccc54)o3)c(C)cc3ccccc23)c1OP(c1ccccc1)c1ccccc1. The highest BCUT2D eigenvalue weighted by Gasteiger charge is 2.27. The fourth-order valence-corrected chi connectivity index (χ4v) is 11.5. The Morgan fingerprint density at radius 1 is 0.400 bits per heavy atom. The van der Waals surface area contributed by atoms with E-state index in [2.05, 4.69) is 208 Å². The van der Waals surface area contributed by atoms with Crippen LogP contribution in [0.2, 0.25) is 0 Å². The highest BCUT2D eigenvalue weighted by molar-refractivity contribution is 7.68. The molecule has 60 heavy (non-hydrogen) atoms. The van der Waals surface area contributed by atoms with E-state index >= 15 is 0 Å². The Morgan fingerprint density at radius 2 is 0.800 bits per heavy atom. The largest absolute Gasteiger partial charge is 0.464 e. The predicted octanol–water partition coefficient (Wildman–Crippen LogP) is 15.5. The van der Waals surface area contributed by atoms with Gasteiger partial charge in [-0.2, -0.15) is 0 Å². The average Bonchev–Trinajstić information content (AvgIpc) is 3.46. The van der Waals surface area contributed by atoms with Crippen molar-refractivity contribution in [2.24, 2.45) is 0 Å². The van der Waals surface area contributed by atoms with E-state index in [1.165, 1.54) is 0 Å². The summed E-state index contributed by atoms with van der Waals surface area (Å²) in [5, 5.41) is 13.0. The summed E-state index contributed by atoms with van der Waals surface area (Å²) in [7, 11) is -3.28. The molecule has 4 nitrogen and oxygen atoms in total. The Bertz CT molecular complexity index is 3330. The zero-order chi connectivity index (χ0) is 40.2. The third-order valence-electron chi connectivity index (χ3n) is 11.3. The lowest BCUT2D eigenvalue weighted by Crippen LogP contribution is -2.16. The fourth-order valence-electron chi connectivity index (χ4n) is 8.60. The number of hydrogen-bond acceptors (Lipinski definition) is 4. The molecule has 10 aromatic carbocycles. The van der Waals surface area contributed by atoms with Crippen LogP contribution in [0, 0.1) is 13.8 Å². The Balaban J connectivity index is 1.20. The van der Waals surface area contributed by atoms with E-state index < -0.39 is 16.4 Å². The number of fused-ring (bicyclic) bond motifs is 9. The molecule has 0 unspecified atom stereocenters. The van der Waals surface area contributed by atoms with Crippen molar-refractivity contribution in [2.75, 3.05) is 0 Å². The topological polar surface area (TPSA) is 44.7 Å². The molecule has 1 heterocycles. The fraction of sp³-hybridized carbons (Fsp3) is 0.0370. The summed E-state index contributed by atoms with van der Waals surface area (Å²) in [5.41, 5.74) is 5.35. The van der Waals surface area contributed by atoms with E-state index in [4.69, 9.17) is 17.4 Å². The van der Waals surface area contributed by atoms with Crippen LogP contribution in [0.4, 0.5) is 0 Å². The molecule has 0 spiro atoms. The molecule has 1 aromatic heterocycles. The molecule has 11 rings (SSSR count). The van der Waals surface area contributed by atoms with E-state index in [9.17, 15) is 0 Å². The lowest BCUT2D eigenvalue weighted by molar-refractivity contribution is 0.497. The summed E-state index contributed by atoms with van der Waals surface area (Å²) in [6.45, 7) is 4.26. The molecule has 0 aliphatic rings. The quantitative estimate of drug-likeness (QED) is 0.150. The normalized spacial score (nSPS) is 11.7. The summed E-state index contributed by atoms with van der Waals surface area (Å²) in [4.78, 5) is 0. The Labute approximate surface area is 349 Å². The van der Waals surface area contributed by atoms with E-state index in [1.54, 1.807) is 0 Å². The molecule has 6 heteroatoms. The monoisotopic (exact) mass is 812 g/mol. The average molecular weight is 813 g/mol. The Morgan fingerprint density at radius 3 is 1.30 bits per heavy atom. The smallest absolute Gasteiger partial charge is 0.453 e. The van der Waals surface area contributed by atoms with Crippen LogP contribution in [0.5, 0.6) is 11.5 Å². The molecule has 0 amide bonds. The Hall–Kier alpha value is -6.83. The zero-order valence-electron chi connectivity index (χ0n) is 33.0. The van der Waals surface area contributed by atoms with Crippen LogP contribution in [0.3, 0.4) is 0 Å². The van der Waals surface area contributed by atoms with Gasteiger partial charge in [-0.3, -0.25) is 0 Å². The standard InChI is InChI=1S/C54H38O4P2/c1-35-33-39-19-11-15-27-45(39)51(53(35)57-59(41-21-5-3-6-22-41)42-23-7-4-8-24-42)52-46-28-16-12-20-40(46)34-36(2)54(52)58-60-55-47-31-29-37-17-9-13-25-43(37)49(47)50-44-26-14-10-18-38(44)30-32-48(50)56-60/h3-34H,1-2H3. The number of aryl methyl sites for hydroxylation is 2. The summed E-state index contributed by atoms with van der Waals surface area (Å²) in [5.74, 6) is 1.51. The second kappa shape index (κ2) is 15.1. The molecule has 0 aliphatic carbocycles. The first kappa shape index (κ1) is 36.3. The molecule has 0 saturated carbocycles. The van der Waals surface area contributed by atoms with Gasteiger partial charge in [0.2, 0.25) is 0 Å². The first-order chi connectivity index (χ1) is 29.6. The maximum atomic E-state index is 7.49. The van der Waals surface area contributed by atoms with E-state index in [1.807, 2.05) is 0 Å². The van der Waals surface area contributed by atoms with E-state index in [0.29, 0.717) is 5.75 Å².